The molecule has 3 heterocycles. The molecule has 0 saturated heterocycles. The van der Waals surface area contributed by atoms with Crippen LogP contribution in [0.25, 0.3) is 50.0 Å². The van der Waals surface area contributed by atoms with Gasteiger partial charge in [0, 0.05) is 28.0 Å². The molecule has 162 valence electrons. The van der Waals surface area contributed by atoms with Crippen LogP contribution in [0.2, 0.25) is 0 Å². The topological polar surface area (TPSA) is 57.4 Å². The molecule has 5 rings (SSSR count). The summed E-state index contributed by atoms with van der Waals surface area (Å²) in [5.41, 5.74) is 8.74. The maximum atomic E-state index is 13.4. The Kier molecular flexibility index (Phi) is 5.23. The largest absolute Gasteiger partial charge is 0.353 e. The van der Waals surface area contributed by atoms with Crippen LogP contribution in [-0.4, -0.2) is 20.2 Å². The highest BCUT2D eigenvalue weighted by Gasteiger charge is 2.15. The van der Waals surface area contributed by atoms with Crippen molar-refractivity contribution < 1.29 is 4.39 Å². The number of hydrogen-bond donors (Lipinski definition) is 2. The fourth-order valence-corrected chi connectivity index (χ4v) is 4.29. The summed E-state index contributed by atoms with van der Waals surface area (Å²) in [6, 6.07) is 16.7. The Balaban J connectivity index is 1.64. The van der Waals surface area contributed by atoms with Gasteiger partial charge in [-0.15, -0.1) is 0 Å². The van der Waals surface area contributed by atoms with E-state index in [1.807, 2.05) is 19.1 Å². The molecule has 0 radical (unpaired) electrons. The number of aromatic nitrogens is 4. The first-order valence-electron chi connectivity index (χ1n) is 10.8. The first-order valence-corrected chi connectivity index (χ1v) is 10.8. The molecule has 2 aromatic carbocycles. The van der Waals surface area contributed by atoms with E-state index in [0.717, 1.165) is 61.2 Å². The van der Waals surface area contributed by atoms with E-state index in [2.05, 4.69) is 64.0 Å². The molecule has 0 amide bonds. The summed E-state index contributed by atoms with van der Waals surface area (Å²) >= 11 is 0. The van der Waals surface area contributed by atoms with Gasteiger partial charge in [-0.25, -0.2) is 4.39 Å². The molecule has 2 N–H and O–H groups in total. The van der Waals surface area contributed by atoms with E-state index in [1.54, 1.807) is 24.4 Å². The molecule has 0 aliphatic rings. The molecule has 4 nitrogen and oxygen atoms in total. The van der Waals surface area contributed by atoms with Crippen molar-refractivity contribution in [3.8, 4) is 22.6 Å². The Morgan fingerprint density at radius 1 is 0.970 bits per heavy atom. The molecule has 0 spiro atoms. The number of hydrogen-bond acceptors (Lipinski definition) is 2. The van der Waals surface area contributed by atoms with Crippen molar-refractivity contribution in [2.75, 3.05) is 0 Å². The molecule has 5 heteroatoms. The van der Waals surface area contributed by atoms with E-state index in [-0.39, 0.29) is 5.82 Å². The minimum Gasteiger partial charge on any atom is -0.353 e. The highest BCUT2D eigenvalue weighted by molar-refractivity contribution is 6.00. The summed E-state index contributed by atoms with van der Waals surface area (Å²) < 4.78 is 13.4. The smallest absolute Gasteiger partial charge is 0.123 e. The maximum absolute atomic E-state index is 13.4. The first-order chi connectivity index (χ1) is 16.1. The second kappa shape index (κ2) is 8.36. The average molecular weight is 435 g/mol. The van der Waals surface area contributed by atoms with Crippen molar-refractivity contribution in [3.63, 3.8) is 0 Å². The zero-order chi connectivity index (χ0) is 22.9. The molecule has 0 aliphatic carbocycles. The minimum absolute atomic E-state index is 0.266. The van der Waals surface area contributed by atoms with Crippen molar-refractivity contribution in [3.05, 3.63) is 103 Å². The van der Waals surface area contributed by atoms with Gasteiger partial charge >= 0.3 is 0 Å². The lowest BCUT2D eigenvalue weighted by Gasteiger charge is -2.08. The van der Waals surface area contributed by atoms with Gasteiger partial charge in [-0.3, -0.25) is 10.1 Å². The van der Waals surface area contributed by atoms with Crippen LogP contribution in [-0.2, 0) is 0 Å². The lowest BCUT2D eigenvalue weighted by Crippen LogP contribution is -1.87. The van der Waals surface area contributed by atoms with Crippen LogP contribution in [0.5, 0.6) is 0 Å². The number of rotatable bonds is 5. The van der Waals surface area contributed by atoms with Crippen molar-refractivity contribution >= 4 is 27.4 Å². The predicted molar refractivity (Wildman–Crippen MR) is 134 cm³/mol. The highest BCUT2D eigenvalue weighted by Crippen LogP contribution is 2.34. The number of H-pyrrole nitrogens is 2. The minimum atomic E-state index is -0.266. The zero-order valence-corrected chi connectivity index (χ0v) is 18.5. The summed E-state index contributed by atoms with van der Waals surface area (Å²) in [5.74, 6) is -0.266. The standard InChI is InChI=1S/C28H23FN4/c1-4-6-17(3)21(5-2)19-9-12-25-22(15-19)28(33-32-25)26-16-23-24(31-26)13-14-30-27(23)18-7-10-20(29)11-8-18/h4-16,31H,1H2,2-3H3,(H,32,33)/b17-6-,21-5+. The quantitative estimate of drug-likeness (QED) is 0.282. The second-order valence-electron chi connectivity index (χ2n) is 7.93. The Morgan fingerprint density at radius 3 is 2.52 bits per heavy atom. The van der Waals surface area contributed by atoms with E-state index in [9.17, 15) is 4.39 Å². The molecule has 0 unspecified atom stereocenters. The van der Waals surface area contributed by atoms with Crippen LogP contribution in [0.15, 0.2) is 91.2 Å². The lowest BCUT2D eigenvalue weighted by molar-refractivity contribution is 0.628. The summed E-state index contributed by atoms with van der Waals surface area (Å²) in [4.78, 5) is 8.04. The summed E-state index contributed by atoms with van der Waals surface area (Å²) in [6.45, 7) is 7.94. The van der Waals surface area contributed by atoms with Crippen LogP contribution in [0.4, 0.5) is 4.39 Å². The first kappa shape index (κ1) is 20.6. The third-order valence-corrected chi connectivity index (χ3v) is 5.88. The molecular formula is C28H23FN4. The van der Waals surface area contributed by atoms with Crippen LogP contribution >= 0.6 is 0 Å². The molecule has 0 aliphatic heterocycles. The van der Waals surface area contributed by atoms with Gasteiger partial charge in [0.2, 0.25) is 0 Å². The van der Waals surface area contributed by atoms with Gasteiger partial charge in [-0.05, 0) is 79.1 Å². The van der Waals surface area contributed by atoms with Crippen LogP contribution in [0, 0.1) is 5.82 Å². The van der Waals surface area contributed by atoms with Gasteiger partial charge in [0.1, 0.15) is 11.5 Å². The molecular weight excluding hydrogens is 411 g/mol. The van der Waals surface area contributed by atoms with E-state index < -0.39 is 0 Å². The Morgan fingerprint density at radius 2 is 1.76 bits per heavy atom. The molecule has 33 heavy (non-hydrogen) atoms. The van der Waals surface area contributed by atoms with E-state index in [1.165, 1.54) is 12.1 Å². The number of pyridine rings is 1. The van der Waals surface area contributed by atoms with E-state index in [4.69, 9.17) is 0 Å². The highest BCUT2D eigenvalue weighted by atomic mass is 19.1. The van der Waals surface area contributed by atoms with E-state index >= 15 is 0 Å². The molecule has 3 aromatic heterocycles. The van der Waals surface area contributed by atoms with Crippen molar-refractivity contribution in [2.24, 2.45) is 0 Å². The normalized spacial score (nSPS) is 12.6. The molecule has 5 aromatic rings. The van der Waals surface area contributed by atoms with Crippen LogP contribution in [0.3, 0.4) is 0 Å². The third-order valence-electron chi connectivity index (χ3n) is 5.88. The van der Waals surface area contributed by atoms with Crippen LogP contribution in [0.1, 0.15) is 19.4 Å². The summed E-state index contributed by atoms with van der Waals surface area (Å²) in [7, 11) is 0. The second-order valence-corrected chi connectivity index (χ2v) is 7.93. The number of fused-ring (bicyclic) bond motifs is 2. The number of nitrogens with one attached hydrogen (secondary N) is 2. The number of aromatic amines is 2. The van der Waals surface area contributed by atoms with Crippen molar-refractivity contribution in [1.82, 2.24) is 20.2 Å². The number of benzene rings is 2. The monoisotopic (exact) mass is 434 g/mol. The third kappa shape index (κ3) is 3.68. The van der Waals surface area contributed by atoms with E-state index in [0.29, 0.717) is 0 Å². The fraction of sp³-hybridized carbons (Fsp3) is 0.0714. The fourth-order valence-electron chi connectivity index (χ4n) is 4.29. The summed E-state index contributed by atoms with van der Waals surface area (Å²) in [5, 5.41) is 9.74. The lowest BCUT2D eigenvalue weighted by atomic mass is 9.96. The number of nitrogens with zero attached hydrogens (tertiary/aromatic N) is 2. The summed E-state index contributed by atoms with van der Waals surface area (Å²) in [6.07, 6.45) is 7.68. The number of halogens is 1. The Hall–Kier alpha value is -4.25. The number of allylic oxidation sites excluding steroid dienone is 5. The molecule has 0 saturated carbocycles. The molecule has 0 bridgehead atoms. The Bertz CT molecular complexity index is 1550. The van der Waals surface area contributed by atoms with Crippen molar-refractivity contribution in [2.45, 2.75) is 13.8 Å². The molecule has 0 atom stereocenters. The van der Waals surface area contributed by atoms with Crippen molar-refractivity contribution in [1.29, 1.82) is 0 Å². The van der Waals surface area contributed by atoms with Gasteiger partial charge in [-0.1, -0.05) is 30.9 Å². The average Bonchev–Trinajstić information content (AvgIpc) is 3.44. The predicted octanol–water partition coefficient (Wildman–Crippen LogP) is 7.45. The van der Waals surface area contributed by atoms with Gasteiger partial charge in [0.25, 0.3) is 0 Å². The van der Waals surface area contributed by atoms with Gasteiger partial charge in [-0.2, -0.15) is 5.10 Å². The van der Waals surface area contributed by atoms with Gasteiger partial charge in [0.15, 0.2) is 0 Å². The van der Waals surface area contributed by atoms with Crippen LogP contribution < -0.4 is 0 Å². The molecule has 0 fully saturated rings. The van der Waals surface area contributed by atoms with Gasteiger partial charge < -0.3 is 4.98 Å². The zero-order valence-electron chi connectivity index (χ0n) is 18.5. The SMILES string of the molecule is C=C/C=C(C)\C(=C/C)c1ccc2[nH]nc(-c3cc4c(-c5ccc(F)cc5)nccc4[nH]3)c2c1. The maximum Gasteiger partial charge on any atom is 0.123 e. The Labute approximate surface area is 191 Å². The van der Waals surface area contributed by atoms with Gasteiger partial charge in [0.05, 0.1) is 16.9 Å².